The van der Waals surface area contributed by atoms with E-state index in [1.54, 1.807) is 30.5 Å². The second-order valence-corrected chi connectivity index (χ2v) is 12.7. The van der Waals surface area contributed by atoms with Crippen molar-refractivity contribution in [2.24, 2.45) is 0 Å². The fraction of sp³-hybridized carbons (Fsp3) is 0.514. The second kappa shape index (κ2) is 20.2. The van der Waals surface area contributed by atoms with Gasteiger partial charge in [-0.25, -0.2) is 0 Å². The number of pyridine rings is 3. The van der Waals surface area contributed by atoms with Crippen molar-refractivity contribution in [1.82, 2.24) is 29.7 Å². The molecule has 3 heterocycles. The zero-order valence-corrected chi connectivity index (χ0v) is 29.1. The standard InChI is InChI=1S/C35H50N6O10/c1-22-4-7-25(36-14-22)17-41(18-26-8-5-23(15-37-26)34(50)39(2)20-30(46)32(48)28(44)10-12-42)19-27-9-6-24(16-38-27)35(51)40(3)21-31(47)33(49)29(45)11-13-43/h4-9,14-16,28-33,42-49H,10-13,17-21H2,1-3H3. The third-order valence-electron chi connectivity index (χ3n) is 8.31. The van der Waals surface area contributed by atoms with Crippen LogP contribution < -0.4 is 0 Å². The quantitative estimate of drug-likeness (QED) is 0.0662. The van der Waals surface area contributed by atoms with Gasteiger partial charge in [0.25, 0.3) is 11.8 Å². The fourth-order valence-corrected chi connectivity index (χ4v) is 5.24. The summed E-state index contributed by atoms with van der Waals surface area (Å²) >= 11 is 0. The number of likely N-dealkylation sites (N-methyl/N-ethyl adjacent to an activating group) is 2. The summed E-state index contributed by atoms with van der Waals surface area (Å²) in [5.41, 5.74) is 3.60. The van der Waals surface area contributed by atoms with Gasteiger partial charge in [0.2, 0.25) is 0 Å². The van der Waals surface area contributed by atoms with Crippen LogP contribution in [-0.2, 0) is 19.6 Å². The Labute approximate surface area is 296 Å². The average Bonchev–Trinajstić information content (AvgIpc) is 3.11. The van der Waals surface area contributed by atoms with Gasteiger partial charge in [-0.05, 0) is 55.7 Å². The molecule has 6 unspecified atom stereocenters. The summed E-state index contributed by atoms with van der Waals surface area (Å²) in [5, 5.41) is 78.3. The molecule has 3 aromatic rings. The van der Waals surface area contributed by atoms with Gasteiger partial charge in [0.15, 0.2) is 0 Å². The van der Waals surface area contributed by atoms with E-state index in [9.17, 15) is 40.2 Å². The van der Waals surface area contributed by atoms with Gasteiger partial charge in [0, 0.05) is 78.6 Å². The smallest absolute Gasteiger partial charge is 0.255 e. The number of aromatic nitrogens is 3. The van der Waals surface area contributed by atoms with Crippen molar-refractivity contribution in [3.63, 3.8) is 0 Å². The normalized spacial score (nSPS) is 15.1. The van der Waals surface area contributed by atoms with E-state index in [1.807, 2.05) is 24.0 Å². The lowest BCUT2D eigenvalue weighted by Crippen LogP contribution is -2.45. The molecule has 16 nitrogen and oxygen atoms in total. The molecule has 0 fully saturated rings. The first-order valence-electron chi connectivity index (χ1n) is 16.6. The minimum Gasteiger partial charge on any atom is -0.396 e. The van der Waals surface area contributed by atoms with E-state index in [0.29, 0.717) is 31.0 Å². The Hall–Kier alpha value is -3.97. The highest BCUT2D eigenvalue weighted by molar-refractivity contribution is 5.94. The first-order valence-corrected chi connectivity index (χ1v) is 16.6. The lowest BCUT2D eigenvalue weighted by molar-refractivity contribution is -0.0709. The Balaban J connectivity index is 1.68. The monoisotopic (exact) mass is 714 g/mol. The Morgan fingerprint density at radius 1 is 0.588 bits per heavy atom. The number of carbonyl (C=O) groups is 2. The maximum Gasteiger partial charge on any atom is 0.255 e. The minimum absolute atomic E-state index is 0.115. The third-order valence-corrected chi connectivity index (χ3v) is 8.31. The highest BCUT2D eigenvalue weighted by Gasteiger charge is 2.28. The van der Waals surface area contributed by atoms with Crippen LogP contribution in [0.3, 0.4) is 0 Å². The third kappa shape index (κ3) is 12.6. The van der Waals surface area contributed by atoms with E-state index in [2.05, 4.69) is 15.0 Å². The summed E-state index contributed by atoms with van der Waals surface area (Å²) < 4.78 is 0. The highest BCUT2D eigenvalue weighted by Crippen LogP contribution is 2.15. The van der Waals surface area contributed by atoms with Crippen molar-refractivity contribution in [3.05, 3.63) is 88.8 Å². The molecule has 2 amide bonds. The van der Waals surface area contributed by atoms with Gasteiger partial charge in [-0.1, -0.05) is 6.07 Å². The van der Waals surface area contributed by atoms with Crippen LogP contribution in [0.15, 0.2) is 55.0 Å². The predicted octanol–water partition coefficient (Wildman–Crippen LogP) is -1.54. The van der Waals surface area contributed by atoms with E-state index in [1.165, 1.54) is 36.3 Å². The molecule has 0 radical (unpaired) electrons. The summed E-state index contributed by atoms with van der Waals surface area (Å²) in [7, 11) is 2.90. The summed E-state index contributed by atoms with van der Waals surface area (Å²) in [6.07, 6.45) is -4.23. The van der Waals surface area contributed by atoms with E-state index < -0.39 is 48.4 Å². The van der Waals surface area contributed by atoms with Crippen molar-refractivity contribution in [2.75, 3.05) is 40.4 Å². The van der Waals surface area contributed by atoms with E-state index in [-0.39, 0.29) is 50.3 Å². The van der Waals surface area contributed by atoms with Gasteiger partial charge in [-0.3, -0.25) is 29.4 Å². The molecular formula is C35H50N6O10. The van der Waals surface area contributed by atoms with Crippen molar-refractivity contribution in [2.45, 2.75) is 76.0 Å². The SMILES string of the molecule is Cc1ccc(CN(Cc2ccc(C(=O)N(C)CC(O)C(O)C(O)CCO)cn2)Cc2ccc(C(=O)N(C)CC(O)C(O)C(O)CCO)cn2)nc1. The predicted molar refractivity (Wildman–Crippen MR) is 184 cm³/mol. The van der Waals surface area contributed by atoms with Crippen LogP contribution in [0, 0.1) is 6.92 Å². The fourth-order valence-electron chi connectivity index (χ4n) is 5.24. The Bertz CT molecular complexity index is 1410. The Morgan fingerprint density at radius 3 is 1.27 bits per heavy atom. The number of aliphatic hydroxyl groups excluding tert-OH is 8. The van der Waals surface area contributed by atoms with Crippen LogP contribution in [0.4, 0.5) is 0 Å². The number of nitrogens with zero attached hydrogens (tertiary/aromatic N) is 6. The molecule has 8 N–H and O–H groups in total. The van der Waals surface area contributed by atoms with Gasteiger partial charge in [-0.2, -0.15) is 0 Å². The number of carbonyl (C=O) groups excluding carboxylic acids is 2. The number of hydrogen-bond donors (Lipinski definition) is 8. The molecule has 51 heavy (non-hydrogen) atoms. The first kappa shape index (κ1) is 41.5. The van der Waals surface area contributed by atoms with Gasteiger partial charge in [0.1, 0.15) is 12.2 Å². The molecule has 0 aliphatic carbocycles. The van der Waals surface area contributed by atoms with E-state index in [0.717, 1.165) is 11.3 Å². The maximum absolute atomic E-state index is 13.0. The number of rotatable bonds is 20. The molecule has 0 aliphatic rings. The topological polar surface area (TPSA) is 244 Å². The molecule has 0 bridgehead atoms. The molecule has 0 saturated heterocycles. The molecule has 280 valence electrons. The van der Waals surface area contributed by atoms with E-state index >= 15 is 0 Å². The van der Waals surface area contributed by atoms with Crippen LogP contribution in [0.1, 0.15) is 56.2 Å². The Kier molecular flexibility index (Phi) is 16.4. The zero-order chi connectivity index (χ0) is 37.7. The molecule has 0 saturated carbocycles. The van der Waals surface area contributed by atoms with Crippen molar-refractivity contribution < 1.29 is 50.4 Å². The highest BCUT2D eigenvalue weighted by atomic mass is 16.4. The molecule has 0 aromatic carbocycles. The first-order chi connectivity index (χ1) is 24.2. The maximum atomic E-state index is 13.0. The summed E-state index contributed by atoms with van der Waals surface area (Å²) in [5.74, 6) is -0.903. The van der Waals surface area contributed by atoms with Crippen LogP contribution in [0.5, 0.6) is 0 Å². The number of aliphatic hydroxyl groups is 8. The molecule has 3 aromatic heterocycles. The molecule has 3 rings (SSSR count). The number of amides is 2. The lowest BCUT2D eigenvalue weighted by atomic mass is 10.0. The van der Waals surface area contributed by atoms with Gasteiger partial charge >= 0.3 is 0 Å². The zero-order valence-electron chi connectivity index (χ0n) is 29.1. The van der Waals surface area contributed by atoms with Gasteiger partial charge < -0.3 is 50.7 Å². The summed E-state index contributed by atoms with van der Waals surface area (Å²) in [6.45, 7) is 1.84. The van der Waals surface area contributed by atoms with Crippen molar-refractivity contribution >= 4 is 11.8 Å². The molecule has 0 aliphatic heterocycles. The summed E-state index contributed by atoms with van der Waals surface area (Å²) in [4.78, 5) is 43.9. The van der Waals surface area contributed by atoms with Crippen LogP contribution in [0.2, 0.25) is 0 Å². The lowest BCUT2D eigenvalue weighted by Gasteiger charge is -2.27. The Morgan fingerprint density at radius 2 is 0.961 bits per heavy atom. The van der Waals surface area contributed by atoms with E-state index in [4.69, 9.17) is 10.2 Å². The van der Waals surface area contributed by atoms with Crippen LogP contribution in [-0.4, -0.2) is 159 Å². The second-order valence-electron chi connectivity index (χ2n) is 12.7. The van der Waals surface area contributed by atoms with Crippen molar-refractivity contribution in [3.8, 4) is 0 Å². The molecule has 0 spiro atoms. The number of aryl methyl sites for hydroxylation is 1. The van der Waals surface area contributed by atoms with Gasteiger partial charge in [-0.15, -0.1) is 0 Å². The van der Waals surface area contributed by atoms with Crippen LogP contribution in [0.25, 0.3) is 0 Å². The minimum atomic E-state index is -1.53. The molecule has 16 heteroatoms. The van der Waals surface area contributed by atoms with Gasteiger partial charge in [0.05, 0.1) is 52.6 Å². The average molecular weight is 715 g/mol. The van der Waals surface area contributed by atoms with Crippen LogP contribution >= 0.6 is 0 Å². The molecule has 6 atom stereocenters. The summed E-state index contributed by atoms with van der Waals surface area (Å²) in [6, 6.07) is 10.5. The van der Waals surface area contributed by atoms with Crippen molar-refractivity contribution in [1.29, 1.82) is 0 Å². The number of hydrogen-bond acceptors (Lipinski definition) is 14. The largest absolute Gasteiger partial charge is 0.396 e. The molecular weight excluding hydrogens is 664 g/mol.